The monoisotopic (exact) mass is 294 g/mol. The summed E-state index contributed by atoms with van der Waals surface area (Å²) < 4.78 is 0. The molecule has 21 heavy (non-hydrogen) atoms. The van der Waals surface area contributed by atoms with Crippen molar-refractivity contribution in [1.29, 1.82) is 0 Å². The van der Waals surface area contributed by atoms with Crippen LogP contribution in [-0.4, -0.2) is 0 Å². The Hall–Kier alpha value is 0. The van der Waals surface area contributed by atoms with Crippen LogP contribution < -0.4 is 0 Å². The molecule has 0 bridgehead atoms. The van der Waals surface area contributed by atoms with Crippen molar-refractivity contribution in [1.82, 2.24) is 0 Å². The number of hydrogen-bond donors (Lipinski definition) is 0. The molecule has 0 aromatic carbocycles. The van der Waals surface area contributed by atoms with Gasteiger partial charge in [0.05, 0.1) is 0 Å². The van der Waals surface area contributed by atoms with Crippen LogP contribution in [0.15, 0.2) is 0 Å². The summed E-state index contributed by atoms with van der Waals surface area (Å²) in [5, 5.41) is 0. The van der Waals surface area contributed by atoms with Gasteiger partial charge in [0.1, 0.15) is 0 Å². The maximum absolute atomic E-state index is 2.47. The summed E-state index contributed by atoms with van der Waals surface area (Å²) in [5.41, 5.74) is 0. The van der Waals surface area contributed by atoms with Gasteiger partial charge in [-0.2, -0.15) is 0 Å². The van der Waals surface area contributed by atoms with Crippen molar-refractivity contribution in [2.45, 2.75) is 117 Å². The summed E-state index contributed by atoms with van der Waals surface area (Å²) >= 11 is 0. The molecule has 1 saturated carbocycles. The second kappa shape index (κ2) is 12.5. The fourth-order valence-corrected chi connectivity index (χ4v) is 4.00. The molecule has 1 aliphatic rings. The molecule has 0 nitrogen and oxygen atoms in total. The molecule has 0 heteroatoms. The molecular weight excluding hydrogens is 252 g/mol. The lowest BCUT2D eigenvalue weighted by molar-refractivity contribution is 0.324. The van der Waals surface area contributed by atoms with Crippen LogP contribution in [0.4, 0.5) is 0 Å². The van der Waals surface area contributed by atoms with Crippen molar-refractivity contribution in [2.75, 3.05) is 0 Å². The van der Waals surface area contributed by atoms with E-state index in [9.17, 15) is 0 Å². The van der Waals surface area contributed by atoms with E-state index < -0.39 is 0 Å². The van der Waals surface area contributed by atoms with Crippen LogP contribution in [0.5, 0.6) is 0 Å². The van der Waals surface area contributed by atoms with Gasteiger partial charge in [0.2, 0.25) is 0 Å². The van der Waals surface area contributed by atoms with Crippen LogP contribution in [-0.2, 0) is 0 Å². The van der Waals surface area contributed by atoms with Crippen molar-refractivity contribution < 1.29 is 0 Å². The van der Waals surface area contributed by atoms with Crippen LogP contribution in [0.1, 0.15) is 117 Å². The van der Waals surface area contributed by atoms with E-state index in [0.717, 1.165) is 17.8 Å². The molecule has 0 aromatic rings. The molecule has 1 rings (SSSR count). The molecule has 0 saturated heterocycles. The van der Waals surface area contributed by atoms with Crippen molar-refractivity contribution in [3.05, 3.63) is 0 Å². The lowest BCUT2D eigenvalue weighted by atomic mass is 9.86. The van der Waals surface area contributed by atoms with Gasteiger partial charge < -0.3 is 0 Å². The fraction of sp³-hybridized carbons (Fsp3) is 1.00. The minimum atomic E-state index is 0.943. The molecule has 0 amide bonds. The molecule has 1 aliphatic carbocycles. The quantitative estimate of drug-likeness (QED) is 0.499. The Bertz CT molecular complexity index is 220. The Morgan fingerprint density at radius 2 is 1.14 bits per heavy atom. The van der Waals surface area contributed by atoms with Crippen LogP contribution >= 0.6 is 0 Å². The first-order chi connectivity index (χ1) is 10.2. The smallest absolute Gasteiger partial charge is 0.0412 e. The summed E-state index contributed by atoms with van der Waals surface area (Å²) in [5.74, 6) is 2.95. The lowest BCUT2D eigenvalue weighted by Gasteiger charge is -2.20. The first-order valence-corrected chi connectivity index (χ1v) is 10.2. The minimum Gasteiger partial charge on any atom is -0.0651 e. The standard InChI is InChI=1S/C21H42/c1-4-19(2)18-21-16-12-7-5-6-10-14-20(3)15-11-8-9-13-17-21/h19-21H,4-18H2,1-3H3. The van der Waals surface area contributed by atoms with Gasteiger partial charge in [-0.15, -0.1) is 0 Å². The largest absolute Gasteiger partial charge is 0.0651 e. The second-order valence-corrected chi connectivity index (χ2v) is 8.06. The third-order valence-electron chi connectivity index (χ3n) is 5.80. The zero-order valence-corrected chi connectivity index (χ0v) is 15.3. The predicted molar refractivity (Wildman–Crippen MR) is 96.7 cm³/mol. The topological polar surface area (TPSA) is 0 Å². The Morgan fingerprint density at radius 1 is 0.714 bits per heavy atom. The van der Waals surface area contributed by atoms with Crippen molar-refractivity contribution in [3.8, 4) is 0 Å². The van der Waals surface area contributed by atoms with Gasteiger partial charge in [0.15, 0.2) is 0 Å². The van der Waals surface area contributed by atoms with Gasteiger partial charge in [-0.05, 0) is 24.2 Å². The molecule has 0 aliphatic heterocycles. The third-order valence-corrected chi connectivity index (χ3v) is 5.80. The zero-order valence-electron chi connectivity index (χ0n) is 15.3. The van der Waals surface area contributed by atoms with Crippen LogP contribution in [0.2, 0.25) is 0 Å². The SMILES string of the molecule is CCC(C)CC1CCCCCCCC(C)CCCCCC1. The number of hydrogen-bond acceptors (Lipinski definition) is 0. The average Bonchev–Trinajstić information content (AvgIpc) is 2.48. The van der Waals surface area contributed by atoms with Gasteiger partial charge in [0.25, 0.3) is 0 Å². The van der Waals surface area contributed by atoms with Crippen molar-refractivity contribution in [2.24, 2.45) is 17.8 Å². The Morgan fingerprint density at radius 3 is 1.62 bits per heavy atom. The van der Waals surface area contributed by atoms with E-state index in [-0.39, 0.29) is 0 Å². The van der Waals surface area contributed by atoms with E-state index in [1.807, 2.05) is 0 Å². The van der Waals surface area contributed by atoms with Crippen molar-refractivity contribution in [3.63, 3.8) is 0 Å². The summed E-state index contributed by atoms with van der Waals surface area (Å²) in [6.45, 7) is 7.29. The Kier molecular flexibility index (Phi) is 11.4. The molecular formula is C21H42. The molecule has 0 aromatic heterocycles. The van der Waals surface area contributed by atoms with Crippen LogP contribution in [0.25, 0.3) is 0 Å². The lowest BCUT2D eigenvalue weighted by Crippen LogP contribution is -2.06. The second-order valence-electron chi connectivity index (χ2n) is 8.06. The van der Waals surface area contributed by atoms with E-state index in [2.05, 4.69) is 20.8 Å². The van der Waals surface area contributed by atoms with Crippen LogP contribution in [0.3, 0.4) is 0 Å². The zero-order chi connectivity index (χ0) is 15.3. The maximum atomic E-state index is 2.47. The van der Waals surface area contributed by atoms with Gasteiger partial charge in [0, 0.05) is 0 Å². The normalized spacial score (nSPS) is 29.3. The molecule has 126 valence electrons. The highest BCUT2D eigenvalue weighted by molar-refractivity contribution is 4.65. The third kappa shape index (κ3) is 10.4. The summed E-state index contributed by atoms with van der Waals surface area (Å²) in [7, 11) is 0. The number of rotatable bonds is 3. The highest BCUT2D eigenvalue weighted by atomic mass is 14.2. The molecule has 0 heterocycles. The average molecular weight is 295 g/mol. The molecule has 3 unspecified atom stereocenters. The Labute approximate surface area is 135 Å². The first kappa shape index (κ1) is 19.0. The van der Waals surface area contributed by atoms with Gasteiger partial charge in [-0.3, -0.25) is 0 Å². The van der Waals surface area contributed by atoms with Gasteiger partial charge in [-0.25, -0.2) is 0 Å². The van der Waals surface area contributed by atoms with E-state index >= 15 is 0 Å². The molecule has 0 N–H and O–H groups in total. The minimum absolute atomic E-state index is 0.943. The first-order valence-electron chi connectivity index (χ1n) is 10.2. The van der Waals surface area contributed by atoms with Gasteiger partial charge in [-0.1, -0.05) is 111 Å². The summed E-state index contributed by atoms with van der Waals surface area (Å²) in [6.07, 6.45) is 22.3. The highest BCUT2D eigenvalue weighted by Crippen LogP contribution is 2.27. The highest BCUT2D eigenvalue weighted by Gasteiger charge is 2.12. The van der Waals surface area contributed by atoms with Gasteiger partial charge >= 0.3 is 0 Å². The van der Waals surface area contributed by atoms with Crippen LogP contribution in [0, 0.1) is 17.8 Å². The molecule has 3 atom stereocenters. The fourth-order valence-electron chi connectivity index (χ4n) is 4.00. The Balaban J connectivity index is 2.32. The predicted octanol–water partition coefficient (Wildman–Crippen LogP) is 7.76. The van der Waals surface area contributed by atoms with E-state index in [1.165, 1.54) is 96.3 Å². The van der Waals surface area contributed by atoms with E-state index in [0.29, 0.717) is 0 Å². The maximum Gasteiger partial charge on any atom is -0.0412 e. The van der Waals surface area contributed by atoms with E-state index in [4.69, 9.17) is 0 Å². The van der Waals surface area contributed by atoms with Crippen molar-refractivity contribution >= 4 is 0 Å². The van der Waals surface area contributed by atoms with E-state index in [1.54, 1.807) is 0 Å². The summed E-state index contributed by atoms with van der Waals surface area (Å²) in [6, 6.07) is 0. The molecule has 0 radical (unpaired) electrons. The summed E-state index contributed by atoms with van der Waals surface area (Å²) in [4.78, 5) is 0. The molecule has 1 fully saturated rings. The molecule has 0 spiro atoms.